The lowest BCUT2D eigenvalue weighted by Crippen LogP contribution is -2.45. The second-order valence-corrected chi connectivity index (χ2v) is 7.28. The van der Waals surface area contributed by atoms with Crippen LogP contribution < -0.4 is 10.2 Å². The van der Waals surface area contributed by atoms with E-state index < -0.39 is 15.9 Å². The number of hydrogen-bond donors (Lipinski definition) is 1. The van der Waals surface area contributed by atoms with Crippen LogP contribution in [0.4, 0.5) is 5.69 Å². The minimum Gasteiger partial charge on any atom is -0.313 e. The molecule has 10 heteroatoms. The third-order valence-corrected chi connectivity index (χ3v) is 5.06. The molecule has 0 bridgehead atoms. The fraction of sp³-hybridized carbons (Fsp3) is 0.0714. The molecule has 0 atom stereocenters. The predicted octanol–water partition coefficient (Wildman–Crippen LogP) is 2.31. The van der Waals surface area contributed by atoms with Gasteiger partial charge in [0.25, 0.3) is 15.9 Å². The molecule has 1 aliphatic rings. The van der Waals surface area contributed by atoms with Crippen molar-refractivity contribution in [1.29, 1.82) is 0 Å². The van der Waals surface area contributed by atoms with Gasteiger partial charge in [0.2, 0.25) is 5.96 Å². The zero-order valence-corrected chi connectivity index (χ0v) is 14.5. The van der Waals surface area contributed by atoms with Crippen molar-refractivity contribution >= 4 is 50.8 Å². The van der Waals surface area contributed by atoms with Crippen molar-refractivity contribution in [1.82, 2.24) is 10.3 Å². The lowest BCUT2D eigenvalue weighted by atomic mass is 10.2. The van der Waals surface area contributed by atoms with E-state index in [9.17, 15) is 13.2 Å². The van der Waals surface area contributed by atoms with E-state index in [1.54, 1.807) is 19.2 Å². The van der Waals surface area contributed by atoms with Gasteiger partial charge in [0.1, 0.15) is 10.0 Å². The summed E-state index contributed by atoms with van der Waals surface area (Å²) in [6, 6.07) is 7.33. The van der Waals surface area contributed by atoms with Crippen LogP contribution in [0.2, 0.25) is 10.2 Å². The van der Waals surface area contributed by atoms with E-state index in [1.165, 1.54) is 29.3 Å². The van der Waals surface area contributed by atoms with Gasteiger partial charge in [-0.3, -0.25) is 10.1 Å². The average molecular weight is 385 g/mol. The predicted molar refractivity (Wildman–Crippen MR) is 91.2 cm³/mol. The minimum absolute atomic E-state index is 0.0244. The Morgan fingerprint density at radius 1 is 1.21 bits per heavy atom. The first-order valence-electron chi connectivity index (χ1n) is 6.59. The van der Waals surface area contributed by atoms with Crippen LogP contribution in [0.3, 0.4) is 0 Å². The molecule has 3 rings (SSSR count). The Morgan fingerprint density at radius 2 is 1.96 bits per heavy atom. The lowest BCUT2D eigenvalue weighted by Gasteiger charge is -2.27. The molecule has 24 heavy (non-hydrogen) atoms. The van der Waals surface area contributed by atoms with Gasteiger partial charge in [-0.15, -0.1) is 4.40 Å². The van der Waals surface area contributed by atoms with Gasteiger partial charge in [-0.05, 0) is 30.3 Å². The zero-order valence-electron chi connectivity index (χ0n) is 12.2. The van der Waals surface area contributed by atoms with Gasteiger partial charge in [-0.2, -0.15) is 8.42 Å². The monoisotopic (exact) mass is 384 g/mol. The Hall–Kier alpha value is -2.16. The molecular formula is C14H10Cl2N4O3S. The number of amides is 1. The Morgan fingerprint density at radius 3 is 2.62 bits per heavy atom. The summed E-state index contributed by atoms with van der Waals surface area (Å²) < 4.78 is 28.2. The number of fused-ring (bicyclic) bond motifs is 1. The van der Waals surface area contributed by atoms with Gasteiger partial charge < -0.3 is 4.90 Å². The molecule has 124 valence electrons. The first kappa shape index (κ1) is 16.7. The second kappa shape index (κ2) is 6.04. The van der Waals surface area contributed by atoms with Crippen LogP contribution in [-0.2, 0) is 10.0 Å². The van der Waals surface area contributed by atoms with Gasteiger partial charge in [-0.25, -0.2) is 4.98 Å². The van der Waals surface area contributed by atoms with E-state index in [0.717, 1.165) is 0 Å². The van der Waals surface area contributed by atoms with E-state index in [1.807, 2.05) is 0 Å². The van der Waals surface area contributed by atoms with Gasteiger partial charge in [-0.1, -0.05) is 23.2 Å². The van der Waals surface area contributed by atoms with Crippen LogP contribution in [0.5, 0.6) is 0 Å². The number of nitrogens with zero attached hydrogens (tertiary/aromatic N) is 3. The number of nitrogens with one attached hydrogen (secondary N) is 1. The van der Waals surface area contributed by atoms with Crippen molar-refractivity contribution < 1.29 is 13.2 Å². The topological polar surface area (TPSA) is 91.7 Å². The van der Waals surface area contributed by atoms with Crippen molar-refractivity contribution in [3.8, 4) is 0 Å². The number of aromatic nitrogens is 1. The van der Waals surface area contributed by atoms with E-state index in [-0.39, 0.29) is 26.6 Å². The highest BCUT2D eigenvalue weighted by Crippen LogP contribution is 2.32. The van der Waals surface area contributed by atoms with Crippen LogP contribution >= 0.6 is 23.2 Å². The lowest BCUT2D eigenvalue weighted by molar-refractivity contribution is 0.0976. The smallest absolute Gasteiger partial charge is 0.287 e. The Labute approximate surface area is 148 Å². The highest BCUT2D eigenvalue weighted by atomic mass is 35.5. The number of hydrogen-bond acceptors (Lipinski definition) is 5. The molecule has 1 aliphatic heterocycles. The summed E-state index contributed by atoms with van der Waals surface area (Å²) in [6.45, 7) is 0. The molecule has 0 saturated heterocycles. The van der Waals surface area contributed by atoms with Gasteiger partial charge >= 0.3 is 0 Å². The SMILES string of the molecule is CN1C(NC(=O)c2ccc(Cl)nc2)=NS(=O)(=O)c2cc(Cl)ccc21. The molecule has 0 saturated carbocycles. The van der Waals surface area contributed by atoms with Crippen molar-refractivity contribution in [2.75, 3.05) is 11.9 Å². The van der Waals surface area contributed by atoms with Crippen molar-refractivity contribution in [3.63, 3.8) is 0 Å². The van der Waals surface area contributed by atoms with Crippen molar-refractivity contribution in [2.45, 2.75) is 4.90 Å². The molecule has 0 fully saturated rings. The number of carbonyl (C=O) groups is 1. The van der Waals surface area contributed by atoms with Gasteiger partial charge in [0, 0.05) is 18.3 Å². The molecule has 1 N–H and O–H groups in total. The Balaban J connectivity index is 1.95. The van der Waals surface area contributed by atoms with Crippen LogP contribution in [0.15, 0.2) is 45.8 Å². The molecule has 1 aromatic heterocycles. The van der Waals surface area contributed by atoms with Gasteiger partial charge in [0.05, 0.1) is 11.3 Å². The molecule has 1 aromatic carbocycles. The zero-order chi connectivity index (χ0) is 17.5. The maximum Gasteiger partial charge on any atom is 0.287 e. The van der Waals surface area contributed by atoms with E-state index in [4.69, 9.17) is 23.2 Å². The van der Waals surface area contributed by atoms with E-state index in [2.05, 4.69) is 14.7 Å². The normalized spacial score (nSPS) is 15.5. The second-order valence-electron chi connectivity index (χ2n) is 4.88. The number of sulfonamides is 1. The number of pyridine rings is 1. The first-order chi connectivity index (χ1) is 11.3. The number of anilines is 1. The summed E-state index contributed by atoms with van der Waals surface area (Å²) in [4.78, 5) is 17.5. The largest absolute Gasteiger partial charge is 0.313 e. The molecule has 2 aromatic rings. The molecule has 7 nitrogen and oxygen atoms in total. The standard InChI is InChI=1S/C14H10Cl2N4O3S/c1-20-10-4-3-9(15)6-11(10)24(22,23)19-14(20)18-13(21)8-2-5-12(16)17-7-8/h2-7H,1H3,(H,18,19,21). The molecule has 0 aliphatic carbocycles. The fourth-order valence-corrected chi connectivity index (χ4v) is 3.69. The van der Waals surface area contributed by atoms with Crippen LogP contribution in [-0.4, -0.2) is 32.3 Å². The maximum atomic E-state index is 12.3. The summed E-state index contributed by atoms with van der Waals surface area (Å²) in [5.74, 6) is -0.679. The number of halogens is 2. The summed E-state index contributed by atoms with van der Waals surface area (Å²) >= 11 is 11.5. The average Bonchev–Trinajstić information content (AvgIpc) is 2.53. The minimum atomic E-state index is -3.97. The molecule has 1 amide bonds. The van der Waals surface area contributed by atoms with Crippen molar-refractivity contribution in [3.05, 3.63) is 52.3 Å². The molecule has 2 heterocycles. The van der Waals surface area contributed by atoms with Crippen LogP contribution in [0, 0.1) is 0 Å². The maximum absolute atomic E-state index is 12.3. The number of benzene rings is 1. The summed E-state index contributed by atoms with van der Waals surface area (Å²) in [7, 11) is -2.39. The number of rotatable bonds is 1. The first-order valence-corrected chi connectivity index (χ1v) is 8.79. The fourth-order valence-electron chi connectivity index (χ4n) is 2.10. The highest BCUT2D eigenvalue weighted by molar-refractivity contribution is 7.90. The highest BCUT2D eigenvalue weighted by Gasteiger charge is 2.30. The summed E-state index contributed by atoms with van der Waals surface area (Å²) in [6.07, 6.45) is 1.28. The molecule has 0 radical (unpaired) electrons. The van der Waals surface area contributed by atoms with E-state index in [0.29, 0.717) is 5.69 Å². The number of guanidine groups is 1. The third-order valence-electron chi connectivity index (χ3n) is 3.30. The molecule has 0 spiro atoms. The van der Waals surface area contributed by atoms with Crippen LogP contribution in [0.25, 0.3) is 0 Å². The molecular weight excluding hydrogens is 375 g/mol. The van der Waals surface area contributed by atoms with Crippen molar-refractivity contribution in [2.24, 2.45) is 4.40 Å². The Bertz CT molecular complexity index is 958. The quantitative estimate of drug-likeness (QED) is 0.761. The van der Waals surface area contributed by atoms with Gasteiger partial charge in [0.15, 0.2) is 0 Å². The molecule has 0 unspecified atom stereocenters. The third kappa shape index (κ3) is 3.08. The summed E-state index contributed by atoms with van der Waals surface area (Å²) in [5.41, 5.74) is 0.578. The van der Waals surface area contributed by atoms with Crippen LogP contribution in [0.1, 0.15) is 10.4 Å². The van der Waals surface area contributed by atoms with E-state index >= 15 is 0 Å². The summed E-state index contributed by atoms with van der Waals surface area (Å²) in [5, 5.41) is 2.98. The Kier molecular flexibility index (Phi) is 4.20. The number of carbonyl (C=O) groups excluding carboxylic acids is 1.